The van der Waals surface area contributed by atoms with Gasteiger partial charge in [-0.2, -0.15) is 0 Å². The normalized spacial score (nSPS) is 9.67. The van der Waals surface area contributed by atoms with Crippen LogP contribution in [0.25, 0.3) is 0 Å². The van der Waals surface area contributed by atoms with Gasteiger partial charge in [0.15, 0.2) is 11.5 Å². The molecule has 1 aromatic carbocycles. The standard InChI is InChI=1S/C14H22N2O4.ClH/c1-18-7-6-15-10-14(17)16-9-11-4-5-12(19-2)13(8-11)20-3;/h4-5,8,15H,6-7,9-10H2,1-3H3,(H,16,17);1H. The highest BCUT2D eigenvalue weighted by Gasteiger charge is 2.05. The number of nitrogens with one attached hydrogen (secondary N) is 2. The largest absolute Gasteiger partial charge is 0.493 e. The SMILES string of the molecule is COCCNCC(=O)NCc1ccc(OC)c(OC)c1.Cl. The van der Waals surface area contributed by atoms with E-state index in [0.29, 0.717) is 31.2 Å². The summed E-state index contributed by atoms with van der Waals surface area (Å²) in [6.45, 7) is 1.96. The Hall–Kier alpha value is -1.50. The molecule has 0 atom stereocenters. The number of rotatable bonds is 9. The van der Waals surface area contributed by atoms with Gasteiger partial charge in [0.05, 0.1) is 27.4 Å². The molecule has 0 spiro atoms. The summed E-state index contributed by atoms with van der Waals surface area (Å²) in [5.41, 5.74) is 0.952. The van der Waals surface area contributed by atoms with E-state index >= 15 is 0 Å². The number of ether oxygens (including phenoxy) is 3. The molecule has 1 amide bonds. The zero-order valence-corrected chi connectivity index (χ0v) is 13.4. The van der Waals surface area contributed by atoms with E-state index in [-0.39, 0.29) is 24.9 Å². The third kappa shape index (κ3) is 7.17. The minimum atomic E-state index is -0.0594. The molecule has 120 valence electrons. The Morgan fingerprint density at radius 3 is 2.48 bits per heavy atom. The van der Waals surface area contributed by atoms with Gasteiger partial charge in [0.2, 0.25) is 5.91 Å². The third-order valence-electron chi connectivity index (χ3n) is 2.71. The first-order chi connectivity index (χ1) is 9.71. The molecule has 0 heterocycles. The molecule has 7 heteroatoms. The maximum Gasteiger partial charge on any atom is 0.234 e. The van der Waals surface area contributed by atoms with E-state index in [4.69, 9.17) is 14.2 Å². The summed E-state index contributed by atoms with van der Waals surface area (Å²) in [6, 6.07) is 5.55. The summed E-state index contributed by atoms with van der Waals surface area (Å²) in [7, 11) is 4.80. The lowest BCUT2D eigenvalue weighted by Crippen LogP contribution is -2.34. The molecule has 0 saturated heterocycles. The average Bonchev–Trinajstić information content (AvgIpc) is 2.49. The summed E-state index contributed by atoms with van der Waals surface area (Å²) >= 11 is 0. The lowest BCUT2D eigenvalue weighted by molar-refractivity contribution is -0.120. The van der Waals surface area contributed by atoms with Gasteiger partial charge in [0.25, 0.3) is 0 Å². The molecule has 0 aliphatic carbocycles. The second kappa shape index (κ2) is 11.2. The first kappa shape index (κ1) is 19.5. The van der Waals surface area contributed by atoms with Crippen LogP contribution in [0.1, 0.15) is 5.56 Å². The molecular formula is C14H23ClN2O4. The Kier molecular flexibility index (Phi) is 10.4. The summed E-state index contributed by atoms with van der Waals surface area (Å²) in [4.78, 5) is 11.6. The van der Waals surface area contributed by atoms with Gasteiger partial charge in [-0.05, 0) is 17.7 Å². The fraction of sp³-hybridized carbons (Fsp3) is 0.500. The van der Waals surface area contributed by atoms with Crippen LogP contribution in [0.3, 0.4) is 0 Å². The molecule has 0 saturated carbocycles. The number of benzene rings is 1. The number of carbonyl (C=O) groups is 1. The quantitative estimate of drug-likeness (QED) is 0.664. The summed E-state index contributed by atoms with van der Waals surface area (Å²) < 4.78 is 15.3. The Bertz CT molecular complexity index is 429. The first-order valence-electron chi connectivity index (χ1n) is 6.38. The van der Waals surface area contributed by atoms with Gasteiger partial charge in [0.1, 0.15) is 0 Å². The number of methoxy groups -OCH3 is 3. The number of carbonyl (C=O) groups excluding carboxylic acids is 1. The number of amides is 1. The first-order valence-corrected chi connectivity index (χ1v) is 6.38. The minimum absolute atomic E-state index is 0. The van der Waals surface area contributed by atoms with Gasteiger partial charge in [-0.15, -0.1) is 12.4 Å². The van der Waals surface area contributed by atoms with Gasteiger partial charge in [-0.3, -0.25) is 4.79 Å². The van der Waals surface area contributed by atoms with E-state index < -0.39 is 0 Å². The van der Waals surface area contributed by atoms with E-state index in [2.05, 4.69) is 10.6 Å². The van der Waals surface area contributed by atoms with Crippen LogP contribution in [0.5, 0.6) is 11.5 Å². The predicted octanol–water partition coefficient (Wildman–Crippen LogP) is 0.978. The zero-order chi connectivity index (χ0) is 14.8. The molecule has 0 aromatic heterocycles. The van der Waals surface area contributed by atoms with Crippen LogP contribution in [-0.4, -0.2) is 46.9 Å². The molecule has 1 aromatic rings. The van der Waals surface area contributed by atoms with Crippen LogP contribution < -0.4 is 20.1 Å². The van der Waals surface area contributed by atoms with E-state index in [1.54, 1.807) is 21.3 Å². The Balaban J connectivity index is 0.00000400. The summed E-state index contributed by atoms with van der Waals surface area (Å²) in [6.07, 6.45) is 0. The smallest absolute Gasteiger partial charge is 0.234 e. The molecular weight excluding hydrogens is 296 g/mol. The van der Waals surface area contributed by atoms with Crippen molar-refractivity contribution >= 4 is 18.3 Å². The van der Waals surface area contributed by atoms with Crippen molar-refractivity contribution in [2.75, 3.05) is 41.0 Å². The molecule has 0 bridgehead atoms. The van der Waals surface area contributed by atoms with Crippen molar-refractivity contribution in [1.82, 2.24) is 10.6 Å². The fourth-order valence-electron chi connectivity index (χ4n) is 1.63. The minimum Gasteiger partial charge on any atom is -0.493 e. The van der Waals surface area contributed by atoms with E-state index in [1.165, 1.54) is 0 Å². The van der Waals surface area contributed by atoms with Gasteiger partial charge >= 0.3 is 0 Å². The second-order valence-corrected chi connectivity index (χ2v) is 4.14. The Morgan fingerprint density at radius 1 is 1.14 bits per heavy atom. The Labute approximate surface area is 131 Å². The van der Waals surface area contributed by atoms with Crippen molar-refractivity contribution in [1.29, 1.82) is 0 Å². The summed E-state index contributed by atoms with van der Waals surface area (Å²) in [5, 5.41) is 5.81. The van der Waals surface area contributed by atoms with Gasteiger partial charge in [0, 0.05) is 20.2 Å². The van der Waals surface area contributed by atoms with Crippen molar-refractivity contribution < 1.29 is 19.0 Å². The molecule has 2 N–H and O–H groups in total. The van der Waals surface area contributed by atoms with Gasteiger partial charge in [-0.1, -0.05) is 6.07 Å². The van der Waals surface area contributed by atoms with Crippen molar-refractivity contribution in [2.45, 2.75) is 6.54 Å². The molecule has 0 unspecified atom stereocenters. The number of halogens is 1. The van der Waals surface area contributed by atoms with Gasteiger partial charge < -0.3 is 24.8 Å². The highest BCUT2D eigenvalue weighted by Crippen LogP contribution is 2.27. The summed E-state index contributed by atoms with van der Waals surface area (Å²) in [5.74, 6) is 1.26. The van der Waals surface area contributed by atoms with Crippen molar-refractivity contribution in [3.63, 3.8) is 0 Å². The number of hydrogen-bond acceptors (Lipinski definition) is 5. The monoisotopic (exact) mass is 318 g/mol. The topological polar surface area (TPSA) is 68.8 Å². The Morgan fingerprint density at radius 2 is 1.86 bits per heavy atom. The van der Waals surface area contributed by atoms with E-state index in [0.717, 1.165) is 5.56 Å². The fourth-order valence-corrected chi connectivity index (χ4v) is 1.63. The third-order valence-corrected chi connectivity index (χ3v) is 2.71. The molecule has 0 fully saturated rings. The molecule has 0 aliphatic heterocycles. The lowest BCUT2D eigenvalue weighted by Gasteiger charge is -2.10. The van der Waals surface area contributed by atoms with E-state index in [9.17, 15) is 4.79 Å². The molecule has 1 rings (SSSR count). The molecule has 21 heavy (non-hydrogen) atoms. The van der Waals surface area contributed by atoms with Crippen LogP contribution in [0.15, 0.2) is 18.2 Å². The zero-order valence-electron chi connectivity index (χ0n) is 12.6. The van der Waals surface area contributed by atoms with Crippen molar-refractivity contribution in [3.8, 4) is 11.5 Å². The molecule has 6 nitrogen and oxygen atoms in total. The predicted molar refractivity (Wildman–Crippen MR) is 83.4 cm³/mol. The van der Waals surface area contributed by atoms with Crippen LogP contribution in [0.4, 0.5) is 0 Å². The van der Waals surface area contributed by atoms with E-state index in [1.807, 2.05) is 18.2 Å². The molecule has 0 aliphatic rings. The average molecular weight is 319 g/mol. The van der Waals surface area contributed by atoms with Crippen LogP contribution in [0, 0.1) is 0 Å². The van der Waals surface area contributed by atoms with Gasteiger partial charge in [-0.25, -0.2) is 0 Å². The number of hydrogen-bond donors (Lipinski definition) is 2. The van der Waals surface area contributed by atoms with Crippen LogP contribution in [0.2, 0.25) is 0 Å². The highest BCUT2D eigenvalue weighted by molar-refractivity contribution is 5.85. The highest BCUT2D eigenvalue weighted by atomic mass is 35.5. The second-order valence-electron chi connectivity index (χ2n) is 4.14. The van der Waals surface area contributed by atoms with Crippen LogP contribution in [-0.2, 0) is 16.1 Å². The van der Waals surface area contributed by atoms with Crippen molar-refractivity contribution in [3.05, 3.63) is 23.8 Å². The molecule has 0 radical (unpaired) electrons. The lowest BCUT2D eigenvalue weighted by atomic mass is 10.2. The van der Waals surface area contributed by atoms with Crippen molar-refractivity contribution in [2.24, 2.45) is 0 Å². The maximum atomic E-state index is 11.6. The van der Waals surface area contributed by atoms with Crippen LogP contribution >= 0.6 is 12.4 Å². The maximum absolute atomic E-state index is 11.6.